The van der Waals surface area contributed by atoms with Crippen LogP contribution < -0.4 is 0 Å². The van der Waals surface area contributed by atoms with Gasteiger partial charge in [-0.3, -0.25) is 10.1 Å². The first-order chi connectivity index (χ1) is 8.60. The molecule has 0 N–H and O–H groups in total. The van der Waals surface area contributed by atoms with Crippen molar-refractivity contribution < 1.29 is 18.9 Å². The van der Waals surface area contributed by atoms with Gasteiger partial charge in [-0.05, 0) is 6.07 Å². The van der Waals surface area contributed by atoms with Gasteiger partial charge in [-0.25, -0.2) is 4.79 Å². The maximum absolute atomic E-state index is 11.3. The quantitative estimate of drug-likeness (QED) is 0.359. The Labute approximate surface area is 106 Å². The van der Waals surface area contributed by atoms with Crippen LogP contribution >= 0.6 is 11.6 Å². The van der Waals surface area contributed by atoms with E-state index in [9.17, 15) is 14.9 Å². The van der Waals surface area contributed by atoms with Crippen molar-refractivity contribution in [1.82, 2.24) is 5.01 Å². The number of carbonyl (C=O) groups is 1. The minimum Gasteiger partial charge on any atom is -0.442 e. The second-order valence-corrected chi connectivity index (χ2v) is 3.73. The zero-order chi connectivity index (χ0) is 13.1. The topological polar surface area (TPSA) is 98.2 Å². The van der Waals surface area contributed by atoms with Gasteiger partial charge >= 0.3 is 12.0 Å². The van der Waals surface area contributed by atoms with Crippen LogP contribution in [0.5, 0.6) is 0 Å². The van der Waals surface area contributed by atoms with Gasteiger partial charge in [0.15, 0.2) is 5.76 Å². The van der Waals surface area contributed by atoms with E-state index in [1.807, 2.05) is 0 Å². The number of hydrazone groups is 1. The molecule has 8 nitrogen and oxygen atoms in total. The molecule has 18 heavy (non-hydrogen) atoms. The number of nitrogens with zero attached hydrogens (tertiary/aromatic N) is 3. The van der Waals surface area contributed by atoms with Crippen LogP contribution in [0.1, 0.15) is 5.76 Å². The molecule has 1 saturated heterocycles. The number of hydrogen-bond acceptors (Lipinski definition) is 6. The van der Waals surface area contributed by atoms with Crippen LogP contribution in [0, 0.1) is 10.1 Å². The van der Waals surface area contributed by atoms with Crippen LogP contribution in [0.2, 0.25) is 0 Å². The third-order valence-electron chi connectivity index (χ3n) is 2.14. The molecule has 0 spiro atoms. The Morgan fingerprint density at radius 3 is 3.00 bits per heavy atom. The van der Waals surface area contributed by atoms with Gasteiger partial charge in [0.05, 0.1) is 24.7 Å². The monoisotopic (exact) mass is 273 g/mol. The molecule has 2 heterocycles. The van der Waals surface area contributed by atoms with E-state index in [-0.39, 0.29) is 24.1 Å². The van der Waals surface area contributed by atoms with Crippen molar-refractivity contribution in [1.29, 1.82) is 0 Å². The highest BCUT2D eigenvalue weighted by atomic mass is 35.5. The molecule has 1 amide bonds. The minimum absolute atomic E-state index is 0.170. The molecule has 1 aliphatic heterocycles. The van der Waals surface area contributed by atoms with Crippen molar-refractivity contribution in [2.75, 3.05) is 12.4 Å². The molecule has 1 aromatic rings. The molecule has 1 unspecified atom stereocenters. The van der Waals surface area contributed by atoms with E-state index in [2.05, 4.69) is 5.10 Å². The molecule has 1 fully saturated rings. The van der Waals surface area contributed by atoms with E-state index < -0.39 is 17.1 Å². The van der Waals surface area contributed by atoms with E-state index in [0.717, 1.165) is 5.01 Å². The van der Waals surface area contributed by atoms with Gasteiger partial charge in [0, 0.05) is 0 Å². The number of hydrogen-bond donors (Lipinski definition) is 0. The summed E-state index contributed by atoms with van der Waals surface area (Å²) in [6.07, 6.45) is 0.186. The number of carbonyl (C=O) groups excluding carboxylic acids is 1. The largest absolute Gasteiger partial charge is 0.442 e. The molecule has 0 radical (unpaired) electrons. The predicted molar refractivity (Wildman–Crippen MR) is 60.7 cm³/mol. The molecule has 0 aromatic carbocycles. The standard InChI is InChI=1S/C9H8ClN3O5/c10-3-7-5-12(9(14)18-7)11-4-6-1-2-8(17-6)13(15)16/h1-2,4,7H,3,5H2/b11-4+. The van der Waals surface area contributed by atoms with Crippen molar-refractivity contribution in [3.63, 3.8) is 0 Å². The van der Waals surface area contributed by atoms with E-state index in [4.69, 9.17) is 20.8 Å². The third kappa shape index (κ3) is 2.59. The minimum atomic E-state index is -0.662. The van der Waals surface area contributed by atoms with Crippen LogP contribution in [0.3, 0.4) is 0 Å². The highest BCUT2D eigenvalue weighted by Crippen LogP contribution is 2.15. The Balaban J connectivity index is 2.02. The second-order valence-electron chi connectivity index (χ2n) is 3.42. The van der Waals surface area contributed by atoms with Crippen LogP contribution in [-0.2, 0) is 4.74 Å². The lowest BCUT2D eigenvalue weighted by molar-refractivity contribution is -0.402. The van der Waals surface area contributed by atoms with Crippen molar-refractivity contribution in [2.24, 2.45) is 5.10 Å². The smallest absolute Gasteiger partial charge is 0.433 e. The summed E-state index contributed by atoms with van der Waals surface area (Å²) in [7, 11) is 0. The molecule has 0 bridgehead atoms. The summed E-state index contributed by atoms with van der Waals surface area (Å²) in [6.45, 7) is 0.238. The van der Waals surface area contributed by atoms with E-state index in [1.54, 1.807) is 0 Å². The van der Waals surface area contributed by atoms with Gasteiger partial charge in [-0.2, -0.15) is 10.1 Å². The molecule has 96 valence electrons. The molecule has 1 atom stereocenters. The van der Waals surface area contributed by atoms with Crippen LogP contribution in [0.15, 0.2) is 21.7 Å². The maximum Gasteiger partial charge on any atom is 0.433 e. The average Bonchev–Trinajstić information content (AvgIpc) is 2.93. The summed E-state index contributed by atoms with van der Waals surface area (Å²) in [5.74, 6) is -0.0350. The number of ether oxygens (including phenoxy) is 1. The Kier molecular flexibility index (Phi) is 3.47. The highest BCUT2D eigenvalue weighted by molar-refractivity contribution is 6.18. The number of alkyl halides is 1. The van der Waals surface area contributed by atoms with E-state index >= 15 is 0 Å². The van der Waals surface area contributed by atoms with Crippen molar-refractivity contribution in [3.05, 3.63) is 28.0 Å². The van der Waals surface area contributed by atoms with Gasteiger partial charge in [0.2, 0.25) is 0 Å². The second kappa shape index (κ2) is 5.05. The summed E-state index contributed by atoms with van der Waals surface area (Å²) in [6, 6.07) is 2.58. The maximum atomic E-state index is 11.3. The number of rotatable bonds is 4. The molecule has 1 aliphatic rings. The lowest BCUT2D eigenvalue weighted by Gasteiger charge is -2.02. The fourth-order valence-corrected chi connectivity index (χ4v) is 1.48. The Bertz CT molecular complexity index is 500. The summed E-state index contributed by atoms with van der Waals surface area (Å²) in [5.41, 5.74) is 0. The van der Waals surface area contributed by atoms with Crippen molar-refractivity contribution >= 4 is 29.8 Å². The van der Waals surface area contributed by atoms with E-state index in [1.165, 1.54) is 18.3 Å². The number of furan rings is 1. The van der Waals surface area contributed by atoms with Gasteiger partial charge in [0.25, 0.3) is 0 Å². The molecule has 0 aliphatic carbocycles. The van der Waals surface area contributed by atoms with Crippen molar-refractivity contribution in [3.8, 4) is 0 Å². The SMILES string of the molecule is O=C1OC(CCl)CN1/N=C/c1ccc([N+](=O)[O-])o1. The molecule has 0 saturated carbocycles. The zero-order valence-corrected chi connectivity index (χ0v) is 9.74. The van der Waals surface area contributed by atoms with Gasteiger partial charge in [-0.1, -0.05) is 0 Å². The van der Waals surface area contributed by atoms with Crippen LogP contribution in [0.25, 0.3) is 0 Å². The van der Waals surface area contributed by atoms with Crippen LogP contribution in [0.4, 0.5) is 10.7 Å². The Morgan fingerprint density at radius 1 is 1.67 bits per heavy atom. The first kappa shape index (κ1) is 12.4. The summed E-state index contributed by atoms with van der Waals surface area (Å²) in [5, 5.41) is 15.3. The lowest BCUT2D eigenvalue weighted by Crippen LogP contribution is -2.19. The molecular weight excluding hydrogens is 266 g/mol. The van der Waals surface area contributed by atoms with Gasteiger partial charge < -0.3 is 9.15 Å². The first-order valence-electron chi connectivity index (χ1n) is 4.92. The third-order valence-corrected chi connectivity index (χ3v) is 2.49. The first-order valence-corrected chi connectivity index (χ1v) is 5.46. The van der Waals surface area contributed by atoms with E-state index in [0.29, 0.717) is 0 Å². The predicted octanol–water partition coefficient (Wildman–Crippen LogP) is 1.58. The van der Waals surface area contributed by atoms with Gasteiger partial charge in [0.1, 0.15) is 11.0 Å². The van der Waals surface area contributed by atoms with Gasteiger partial charge in [-0.15, -0.1) is 11.6 Å². The summed E-state index contributed by atoms with van der Waals surface area (Å²) < 4.78 is 9.70. The fourth-order valence-electron chi connectivity index (χ4n) is 1.32. The molecule has 1 aromatic heterocycles. The molecule has 9 heteroatoms. The average molecular weight is 274 g/mol. The number of cyclic esters (lactones) is 1. The fraction of sp³-hybridized carbons (Fsp3) is 0.333. The molecular formula is C9H8ClN3O5. The number of nitro groups is 1. The lowest BCUT2D eigenvalue weighted by atomic mass is 10.4. The normalized spacial score (nSPS) is 19.5. The summed E-state index contributed by atoms with van der Waals surface area (Å²) >= 11 is 5.54. The number of amides is 1. The van der Waals surface area contributed by atoms with Crippen LogP contribution in [-0.4, -0.2) is 40.8 Å². The zero-order valence-electron chi connectivity index (χ0n) is 8.98. The Hall–Kier alpha value is -2.09. The summed E-state index contributed by atoms with van der Waals surface area (Å²) in [4.78, 5) is 21.0. The number of halogens is 1. The molecule has 2 rings (SSSR count). The van der Waals surface area contributed by atoms with Crippen molar-refractivity contribution in [2.45, 2.75) is 6.10 Å². The Morgan fingerprint density at radius 2 is 2.44 bits per heavy atom. The highest BCUT2D eigenvalue weighted by Gasteiger charge is 2.30.